The number of halogens is 1. The van der Waals surface area contributed by atoms with E-state index in [2.05, 4.69) is 12.2 Å². The van der Waals surface area contributed by atoms with Crippen LogP contribution in [0, 0.1) is 13.8 Å². The number of imide groups is 1. The van der Waals surface area contributed by atoms with Gasteiger partial charge in [-0.25, -0.2) is 4.90 Å². The number of hydrogen-bond donors (Lipinski definition) is 1. The van der Waals surface area contributed by atoms with E-state index in [1.54, 1.807) is 36.4 Å². The lowest BCUT2D eigenvalue weighted by atomic mass is 9.99. The van der Waals surface area contributed by atoms with Crippen molar-refractivity contribution in [3.8, 4) is 0 Å². The van der Waals surface area contributed by atoms with Crippen molar-refractivity contribution in [2.75, 3.05) is 16.8 Å². The van der Waals surface area contributed by atoms with Crippen LogP contribution in [0.25, 0.3) is 0 Å². The molecule has 1 atom stereocenters. The van der Waals surface area contributed by atoms with E-state index < -0.39 is 11.8 Å². The molecule has 0 aliphatic carbocycles. The summed E-state index contributed by atoms with van der Waals surface area (Å²) >= 11 is 6.25. The number of anilines is 2. The fourth-order valence-electron chi connectivity index (χ4n) is 4.41. The van der Waals surface area contributed by atoms with Gasteiger partial charge in [0.05, 0.1) is 5.69 Å². The minimum Gasteiger partial charge on any atom is -0.350 e. The van der Waals surface area contributed by atoms with Crippen molar-refractivity contribution >= 4 is 40.7 Å². The molecule has 2 aliphatic heterocycles. The quantitative estimate of drug-likeness (QED) is 0.620. The van der Waals surface area contributed by atoms with Crippen LogP contribution in [0.2, 0.25) is 0 Å². The van der Waals surface area contributed by atoms with Crippen LogP contribution in [0.1, 0.15) is 54.1 Å². The number of rotatable bonds is 5. The molecule has 0 saturated carbocycles. The summed E-state index contributed by atoms with van der Waals surface area (Å²) in [6, 6.07) is 12.6. The van der Waals surface area contributed by atoms with Gasteiger partial charge in [-0.2, -0.15) is 0 Å². The molecular weight excluding hydrogens is 438 g/mol. The molecule has 2 heterocycles. The third-order valence-corrected chi connectivity index (χ3v) is 6.89. The van der Waals surface area contributed by atoms with Crippen LogP contribution in [0.4, 0.5) is 11.4 Å². The van der Waals surface area contributed by atoms with Gasteiger partial charge in [-0.1, -0.05) is 24.6 Å². The molecule has 2 aliphatic rings. The van der Waals surface area contributed by atoms with Gasteiger partial charge in [0, 0.05) is 23.8 Å². The van der Waals surface area contributed by atoms with E-state index in [0.29, 0.717) is 16.9 Å². The molecule has 1 unspecified atom stereocenters. The van der Waals surface area contributed by atoms with E-state index in [9.17, 15) is 14.4 Å². The van der Waals surface area contributed by atoms with Crippen molar-refractivity contribution in [1.29, 1.82) is 0 Å². The van der Waals surface area contributed by atoms with E-state index in [0.717, 1.165) is 48.3 Å². The number of likely N-dealkylation sites (tertiary alicyclic amines) is 1. The Morgan fingerprint density at radius 1 is 1.03 bits per heavy atom. The van der Waals surface area contributed by atoms with Gasteiger partial charge < -0.3 is 10.2 Å². The summed E-state index contributed by atoms with van der Waals surface area (Å²) in [6.45, 7) is 6.78. The Hall–Kier alpha value is -3.12. The molecule has 1 saturated heterocycles. The lowest BCUT2D eigenvalue weighted by molar-refractivity contribution is -0.120. The molecule has 4 rings (SSSR count). The van der Waals surface area contributed by atoms with Crippen LogP contribution >= 0.6 is 11.6 Å². The zero-order valence-electron chi connectivity index (χ0n) is 19.2. The molecule has 0 bridgehead atoms. The fourth-order valence-corrected chi connectivity index (χ4v) is 4.62. The number of amides is 3. The third kappa shape index (κ3) is 4.40. The Morgan fingerprint density at radius 2 is 1.76 bits per heavy atom. The second-order valence-electron chi connectivity index (χ2n) is 8.66. The Bertz CT molecular complexity index is 1140. The highest BCUT2D eigenvalue weighted by atomic mass is 35.5. The predicted octanol–water partition coefficient (Wildman–Crippen LogP) is 5.14. The van der Waals surface area contributed by atoms with Gasteiger partial charge in [0.1, 0.15) is 10.7 Å². The number of piperidine rings is 1. The van der Waals surface area contributed by atoms with Crippen molar-refractivity contribution in [3.05, 3.63) is 69.9 Å². The molecule has 33 heavy (non-hydrogen) atoms. The molecule has 2 aromatic rings. The Balaban J connectivity index is 1.50. The van der Waals surface area contributed by atoms with Gasteiger partial charge in [-0.15, -0.1) is 0 Å². The normalized spacial score (nSPS) is 18.8. The molecule has 0 radical (unpaired) electrons. The summed E-state index contributed by atoms with van der Waals surface area (Å²) in [6.07, 6.45) is 4.18. The number of aryl methyl sites for hydroxylation is 2. The maximum absolute atomic E-state index is 13.0. The minimum absolute atomic E-state index is 0.0263. The zero-order valence-corrected chi connectivity index (χ0v) is 19.9. The number of nitrogens with zero attached hydrogens (tertiary/aromatic N) is 2. The molecule has 1 fully saturated rings. The van der Waals surface area contributed by atoms with Crippen molar-refractivity contribution in [2.24, 2.45) is 0 Å². The van der Waals surface area contributed by atoms with Gasteiger partial charge in [0.2, 0.25) is 0 Å². The minimum atomic E-state index is -0.560. The smallest absolute Gasteiger partial charge is 0.283 e. The first-order chi connectivity index (χ1) is 15.8. The van der Waals surface area contributed by atoms with Crippen LogP contribution in [-0.4, -0.2) is 35.2 Å². The van der Waals surface area contributed by atoms with Gasteiger partial charge in [0.25, 0.3) is 17.7 Å². The first kappa shape index (κ1) is 23.1. The van der Waals surface area contributed by atoms with E-state index >= 15 is 0 Å². The molecule has 6 nitrogen and oxygen atoms in total. The van der Waals surface area contributed by atoms with Crippen molar-refractivity contribution in [3.63, 3.8) is 0 Å². The maximum atomic E-state index is 13.0. The van der Waals surface area contributed by atoms with E-state index in [1.807, 2.05) is 24.8 Å². The van der Waals surface area contributed by atoms with E-state index in [1.165, 1.54) is 0 Å². The number of hydrogen-bond acceptors (Lipinski definition) is 4. The van der Waals surface area contributed by atoms with Crippen LogP contribution in [0.3, 0.4) is 0 Å². The number of carbonyl (C=O) groups excluding carboxylic acids is 3. The number of nitrogens with one attached hydrogen (secondary N) is 1. The summed E-state index contributed by atoms with van der Waals surface area (Å²) in [4.78, 5) is 41.8. The third-order valence-electron chi connectivity index (χ3n) is 6.54. The summed E-state index contributed by atoms with van der Waals surface area (Å²) in [5, 5.41) is 2.82. The van der Waals surface area contributed by atoms with E-state index in [-0.39, 0.29) is 22.7 Å². The molecule has 172 valence electrons. The van der Waals surface area contributed by atoms with Crippen molar-refractivity contribution < 1.29 is 14.4 Å². The molecular formula is C26H28ClN3O3. The summed E-state index contributed by atoms with van der Waals surface area (Å²) in [7, 11) is 0. The molecule has 0 aromatic heterocycles. The SMILES string of the molecule is CCC1CCCCN1C(=O)c1ccc(NC2=C(Cl)C(=O)N(c3ccc(C)c(C)c3)C2=O)cc1. The molecule has 0 spiro atoms. The Morgan fingerprint density at radius 3 is 2.42 bits per heavy atom. The topological polar surface area (TPSA) is 69.7 Å². The van der Waals surface area contributed by atoms with Gasteiger partial charge in [-0.05, 0) is 87.1 Å². The maximum Gasteiger partial charge on any atom is 0.283 e. The van der Waals surface area contributed by atoms with Gasteiger partial charge in [-0.3, -0.25) is 14.4 Å². The predicted molar refractivity (Wildman–Crippen MR) is 130 cm³/mol. The first-order valence-electron chi connectivity index (χ1n) is 11.4. The summed E-state index contributed by atoms with van der Waals surface area (Å²) in [5.74, 6) is -1.04. The van der Waals surface area contributed by atoms with Gasteiger partial charge in [0.15, 0.2) is 0 Å². The fraction of sp³-hybridized carbons (Fsp3) is 0.346. The largest absolute Gasteiger partial charge is 0.350 e. The highest BCUT2D eigenvalue weighted by molar-refractivity contribution is 6.53. The van der Waals surface area contributed by atoms with Crippen molar-refractivity contribution in [2.45, 2.75) is 52.5 Å². The van der Waals surface area contributed by atoms with Crippen LogP contribution in [-0.2, 0) is 9.59 Å². The lowest BCUT2D eigenvalue weighted by Crippen LogP contribution is -2.43. The second-order valence-corrected chi connectivity index (χ2v) is 9.04. The average molecular weight is 466 g/mol. The highest BCUT2D eigenvalue weighted by Gasteiger charge is 2.39. The Labute approximate surface area is 199 Å². The highest BCUT2D eigenvalue weighted by Crippen LogP contribution is 2.31. The number of carbonyl (C=O) groups is 3. The molecule has 1 N–H and O–H groups in total. The standard InChI is InChI=1S/C26H28ClN3O3/c1-4-20-7-5-6-14-29(20)24(31)18-9-11-19(12-10-18)28-23-22(27)25(32)30(26(23)33)21-13-8-16(2)17(3)15-21/h8-13,15,20,28H,4-7,14H2,1-3H3. The zero-order chi connectivity index (χ0) is 23.7. The average Bonchev–Trinajstić information content (AvgIpc) is 3.04. The van der Waals surface area contributed by atoms with Crippen LogP contribution < -0.4 is 10.2 Å². The summed E-state index contributed by atoms with van der Waals surface area (Å²) < 4.78 is 0. The van der Waals surface area contributed by atoms with Crippen LogP contribution in [0.5, 0.6) is 0 Å². The molecule has 3 amide bonds. The first-order valence-corrected chi connectivity index (χ1v) is 11.7. The second kappa shape index (κ2) is 9.40. The van der Waals surface area contributed by atoms with Gasteiger partial charge >= 0.3 is 0 Å². The summed E-state index contributed by atoms with van der Waals surface area (Å²) in [5.41, 5.74) is 3.74. The molecule has 7 heteroatoms. The van der Waals surface area contributed by atoms with Crippen LogP contribution in [0.15, 0.2) is 53.2 Å². The Kier molecular flexibility index (Phi) is 6.56. The lowest BCUT2D eigenvalue weighted by Gasteiger charge is -2.35. The monoisotopic (exact) mass is 465 g/mol. The molecule has 2 aromatic carbocycles. The van der Waals surface area contributed by atoms with E-state index in [4.69, 9.17) is 11.6 Å². The van der Waals surface area contributed by atoms with Crippen molar-refractivity contribution in [1.82, 2.24) is 4.90 Å². The number of benzene rings is 2.